The van der Waals surface area contributed by atoms with Crippen molar-refractivity contribution in [3.05, 3.63) is 30.1 Å². The maximum Gasteiger partial charge on any atom is 0.240 e. The number of pyridine rings is 1. The Bertz CT molecular complexity index is 520. The van der Waals surface area contributed by atoms with Gasteiger partial charge < -0.3 is 11.1 Å². The lowest BCUT2D eigenvalue weighted by Crippen LogP contribution is -2.55. The molecule has 0 radical (unpaired) electrons. The SMILES string of the molecule is CN1CCC[C@@]1(CCCc1cccnc1)C(=O)NCC(N)=O. The van der Waals surface area contributed by atoms with Crippen LogP contribution in [0.4, 0.5) is 0 Å². The smallest absolute Gasteiger partial charge is 0.240 e. The van der Waals surface area contributed by atoms with Gasteiger partial charge in [0.1, 0.15) is 5.54 Å². The summed E-state index contributed by atoms with van der Waals surface area (Å²) in [7, 11) is 1.97. The van der Waals surface area contributed by atoms with Crippen molar-refractivity contribution in [3.63, 3.8) is 0 Å². The summed E-state index contributed by atoms with van der Waals surface area (Å²) in [5, 5.41) is 2.68. The van der Waals surface area contributed by atoms with Crippen LogP contribution in [0.5, 0.6) is 0 Å². The summed E-state index contributed by atoms with van der Waals surface area (Å²) in [5.74, 6) is -0.600. The molecule has 2 amide bonds. The number of nitrogens with two attached hydrogens (primary N) is 1. The molecule has 0 aromatic carbocycles. The third kappa shape index (κ3) is 3.82. The van der Waals surface area contributed by atoms with E-state index in [1.54, 1.807) is 6.20 Å². The number of carbonyl (C=O) groups excluding carboxylic acids is 2. The minimum Gasteiger partial charge on any atom is -0.368 e. The number of likely N-dealkylation sites (N-methyl/N-ethyl adjacent to an activating group) is 1. The zero-order chi connectivity index (χ0) is 16.0. The first-order chi connectivity index (χ1) is 10.5. The van der Waals surface area contributed by atoms with Crippen LogP contribution in [0.3, 0.4) is 0 Å². The Hall–Kier alpha value is -1.95. The molecule has 1 aromatic rings. The monoisotopic (exact) mass is 304 g/mol. The molecule has 6 heteroatoms. The van der Waals surface area contributed by atoms with Gasteiger partial charge in [0.05, 0.1) is 6.54 Å². The van der Waals surface area contributed by atoms with Crippen LogP contribution in [-0.2, 0) is 16.0 Å². The second-order valence-corrected chi connectivity index (χ2v) is 5.92. The molecule has 22 heavy (non-hydrogen) atoms. The number of hydrogen-bond donors (Lipinski definition) is 2. The van der Waals surface area contributed by atoms with E-state index in [0.29, 0.717) is 0 Å². The van der Waals surface area contributed by atoms with Crippen LogP contribution < -0.4 is 11.1 Å². The molecule has 120 valence electrons. The van der Waals surface area contributed by atoms with Crippen molar-refractivity contribution in [1.29, 1.82) is 0 Å². The summed E-state index contributed by atoms with van der Waals surface area (Å²) >= 11 is 0. The first-order valence-corrected chi connectivity index (χ1v) is 7.71. The zero-order valence-corrected chi connectivity index (χ0v) is 13.0. The predicted octanol–water partition coefficient (Wildman–Crippen LogP) is 0.470. The number of aromatic nitrogens is 1. The maximum absolute atomic E-state index is 12.6. The van der Waals surface area contributed by atoms with Crippen molar-refractivity contribution in [1.82, 2.24) is 15.2 Å². The fraction of sp³-hybridized carbons (Fsp3) is 0.562. The highest BCUT2D eigenvalue weighted by Gasteiger charge is 2.44. The Balaban J connectivity index is 1.97. The van der Waals surface area contributed by atoms with Crippen LogP contribution in [0, 0.1) is 0 Å². The second-order valence-electron chi connectivity index (χ2n) is 5.92. The molecule has 0 spiro atoms. The molecule has 0 unspecified atom stereocenters. The molecule has 1 aliphatic rings. The average Bonchev–Trinajstić information content (AvgIpc) is 2.88. The summed E-state index contributed by atoms with van der Waals surface area (Å²) in [6, 6.07) is 3.97. The van der Waals surface area contributed by atoms with Crippen LogP contribution >= 0.6 is 0 Å². The predicted molar refractivity (Wildman–Crippen MR) is 84.0 cm³/mol. The third-order valence-corrected chi connectivity index (χ3v) is 4.44. The van der Waals surface area contributed by atoms with Crippen LogP contribution in [0.2, 0.25) is 0 Å². The minimum atomic E-state index is -0.516. The number of rotatable bonds is 7. The molecule has 1 aromatic heterocycles. The van der Waals surface area contributed by atoms with Crippen molar-refractivity contribution in [3.8, 4) is 0 Å². The van der Waals surface area contributed by atoms with E-state index in [9.17, 15) is 9.59 Å². The van der Waals surface area contributed by atoms with E-state index in [1.165, 1.54) is 5.56 Å². The quantitative estimate of drug-likeness (QED) is 0.766. The molecule has 1 fully saturated rings. The highest BCUT2D eigenvalue weighted by atomic mass is 16.2. The Morgan fingerprint density at radius 2 is 2.32 bits per heavy atom. The van der Waals surface area contributed by atoms with Gasteiger partial charge in [0, 0.05) is 12.4 Å². The van der Waals surface area contributed by atoms with E-state index in [1.807, 2.05) is 25.4 Å². The van der Waals surface area contributed by atoms with Gasteiger partial charge in [0.25, 0.3) is 0 Å². The Kier molecular flexibility index (Phi) is 5.49. The molecular weight excluding hydrogens is 280 g/mol. The number of primary amides is 1. The van der Waals surface area contributed by atoms with E-state index in [4.69, 9.17) is 5.73 Å². The van der Waals surface area contributed by atoms with E-state index >= 15 is 0 Å². The average molecular weight is 304 g/mol. The molecule has 1 saturated heterocycles. The van der Waals surface area contributed by atoms with Gasteiger partial charge in [0.2, 0.25) is 11.8 Å². The number of nitrogens with one attached hydrogen (secondary N) is 1. The molecule has 0 bridgehead atoms. The number of aryl methyl sites for hydroxylation is 1. The molecule has 2 heterocycles. The Morgan fingerprint density at radius 3 is 2.91 bits per heavy atom. The highest BCUT2D eigenvalue weighted by Crippen LogP contribution is 2.33. The van der Waals surface area contributed by atoms with Gasteiger partial charge in [-0.05, 0) is 57.3 Å². The molecular formula is C16H24N4O2. The molecule has 2 rings (SSSR count). The Labute approximate surface area is 131 Å². The van der Waals surface area contributed by atoms with Crippen molar-refractivity contribution in [2.24, 2.45) is 5.73 Å². The summed E-state index contributed by atoms with van der Waals surface area (Å²) < 4.78 is 0. The van der Waals surface area contributed by atoms with Gasteiger partial charge in [-0.15, -0.1) is 0 Å². The standard InChI is InChI=1S/C16H24N4O2/c1-20-10-4-8-16(20,15(22)19-12-14(17)21)7-2-5-13-6-3-9-18-11-13/h3,6,9,11H,2,4-5,7-8,10,12H2,1H3,(H2,17,21)(H,19,22)/t16-/m0/s1. The number of nitrogens with zero attached hydrogens (tertiary/aromatic N) is 2. The third-order valence-electron chi connectivity index (χ3n) is 4.44. The van der Waals surface area contributed by atoms with Gasteiger partial charge in [-0.3, -0.25) is 19.5 Å². The van der Waals surface area contributed by atoms with Crippen molar-refractivity contribution >= 4 is 11.8 Å². The normalized spacial score (nSPS) is 21.7. The fourth-order valence-corrected chi connectivity index (χ4v) is 3.19. The van der Waals surface area contributed by atoms with Crippen LogP contribution in [0.15, 0.2) is 24.5 Å². The summed E-state index contributed by atoms with van der Waals surface area (Å²) in [5.41, 5.74) is 5.78. The van der Waals surface area contributed by atoms with E-state index in [2.05, 4.69) is 15.2 Å². The largest absolute Gasteiger partial charge is 0.368 e. The second kappa shape index (κ2) is 7.35. The van der Waals surface area contributed by atoms with E-state index < -0.39 is 11.4 Å². The molecule has 0 aliphatic carbocycles. The number of likely N-dealkylation sites (tertiary alicyclic amines) is 1. The molecule has 6 nitrogen and oxygen atoms in total. The molecule has 0 saturated carbocycles. The van der Waals surface area contributed by atoms with Crippen LogP contribution in [0.1, 0.15) is 31.2 Å². The van der Waals surface area contributed by atoms with Gasteiger partial charge in [-0.2, -0.15) is 0 Å². The van der Waals surface area contributed by atoms with E-state index in [-0.39, 0.29) is 12.5 Å². The number of hydrogen-bond acceptors (Lipinski definition) is 4. The van der Waals surface area contributed by atoms with Gasteiger partial charge in [0.15, 0.2) is 0 Å². The lowest BCUT2D eigenvalue weighted by Gasteiger charge is -2.34. The lowest BCUT2D eigenvalue weighted by atomic mass is 9.88. The molecule has 1 atom stereocenters. The van der Waals surface area contributed by atoms with Gasteiger partial charge in [-0.25, -0.2) is 0 Å². The first kappa shape index (κ1) is 16.4. The molecule has 1 aliphatic heterocycles. The fourth-order valence-electron chi connectivity index (χ4n) is 3.19. The maximum atomic E-state index is 12.6. The number of amides is 2. The molecule has 3 N–H and O–H groups in total. The summed E-state index contributed by atoms with van der Waals surface area (Å²) in [4.78, 5) is 29.7. The van der Waals surface area contributed by atoms with Gasteiger partial charge >= 0.3 is 0 Å². The summed E-state index contributed by atoms with van der Waals surface area (Å²) in [6.45, 7) is 0.800. The Morgan fingerprint density at radius 1 is 1.50 bits per heavy atom. The lowest BCUT2D eigenvalue weighted by molar-refractivity contribution is -0.133. The topological polar surface area (TPSA) is 88.3 Å². The summed E-state index contributed by atoms with van der Waals surface area (Å²) in [6.07, 6.45) is 8.00. The highest BCUT2D eigenvalue weighted by molar-refractivity contribution is 5.90. The van der Waals surface area contributed by atoms with Crippen molar-refractivity contribution in [2.45, 2.75) is 37.6 Å². The van der Waals surface area contributed by atoms with Crippen LogP contribution in [-0.4, -0.2) is 47.4 Å². The van der Waals surface area contributed by atoms with Gasteiger partial charge in [-0.1, -0.05) is 6.07 Å². The minimum absolute atomic E-state index is 0.0857. The first-order valence-electron chi connectivity index (χ1n) is 7.71. The van der Waals surface area contributed by atoms with Crippen molar-refractivity contribution < 1.29 is 9.59 Å². The van der Waals surface area contributed by atoms with Crippen molar-refractivity contribution in [2.75, 3.05) is 20.1 Å². The van der Waals surface area contributed by atoms with E-state index in [0.717, 1.165) is 38.6 Å². The number of carbonyl (C=O) groups is 2. The zero-order valence-electron chi connectivity index (χ0n) is 13.0. The van der Waals surface area contributed by atoms with Crippen LogP contribution in [0.25, 0.3) is 0 Å².